The molecule has 1 fully saturated rings. The number of halogens is 1. The van der Waals surface area contributed by atoms with E-state index < -0.39 is 18.6 Å². The summed E-state index contributed by atoms with van der Waals surface area (Å²) in [7, 11) is 0. The summed E-state index contributed by atoms with van der Waals surface area (Å²) in [6.45, 7) is -0.475. The van der Waals surface area contributed by atoms with E-state index in [4.69, 9.17) is 5.11 Å². The van der Waals surface area contributed by atoms with Crippen LogP contribution in [-0.4, -0.2) is 17.8 Å². The Labute approximate surface area is 65.4 Å². The summed E-state index contributed by atoms with van der Waals surface area (Å²) in [6.07, 6.45) is 3.32. The maximum Gasteiger partial charge on any atom is 0.306 e. The summed E-state index contributed by atoms with van der Waals surface area (Å²) < 4.78 is 12.2. The van der Waals surface area contributed by atoms with Crippen LogP contribution in [0.1, 0.15) is 25.7 Å². The van der Waals surface area contributed by atoms with Crippen molar-refractivity contribution in [3.8, 4) is 0 Å². The minimum Gasteiger partial charge on any atom is -0.481 e. The second-order valence-electron chi connectivity index (χ2n) is 3.14. The molecule has 1 saturated carbocycles. The number of hydrogen-bond donors (Lipinski definition) is 1. The minimum atomic E-state index is -0.827. The fourth-order valence-electron chi connectivity index (χ4n) is 1.72. The van der Waals surface area contributed by atoms with E-state index in [0.717, 1.165) is 19.3 Å². The molecular weight excluding hydrogens is 147 g/mol. The summed E-state index contributed by atoms with van der Waals surface area (Å²) in [6, 6.07) is 0. The van der Waals surface area contributed by atoms with Crippen LogP contribution in [0, 0.1) is 11.8 Å². The van der Waals surface area contributed by atoms with Gasteiger partial charge in [0.1, 0.15) is 0 Å². The molecule has 11 heavy (non-hydrogen) atoms. The highest BCUT2D eigenvalue weighted by atomic mass is 19.1. The molecule has 64 valence electrons. The van der Waals surface area contributed by atoms with Crippen molar-refractivity contribution in [3.05, 3.63) is 0 Å². The number of alkyl halides is 1. The average Bonchev–Trinajstić information content (AvgIpc) is 2.04. The van der Waals surface area contributed by atoms with Gasteiger partial charge >= 0.3 is 5.97 Å². The molecule has 1 rings (SSSR count). The van der Waals surface area contributed by atoms with E-state index in [1.165, 1.54) is 0 Å². The summed E-state index contributed by atoms with van der Waals surface area (Å²) in [5.74, 6) is -1.47. The van der Waals surface area contributed by atoms with Gasteiger partial charge in [-0.25, -0.2) is 0 Å². The molecule has 0 aromatic carbocycles. The normalized spacial score (nSPS) is 31.7. The fourth-order valence-corrected chi connectivity index (χ4v) is 1.72. The van der Waals surface area contributed by atoms with Crippen molar-refractivity contribution in [2.45, 2.75) is 25.7 Å². The van der Waals surface area contributed by atoms with Gasteiger partial charge in [-0.2, -0.15) is 0 Å². The predicted molar refractivity (Wildman–Crippen MR) is 39.1 cm³/mol. The lowest BCUT2D eigenvalue weighted by Crippen LogP contribution is -2.28. The Hall–Kier alpha value is -0.600. The van der Waals surface area contributed by atoms with Gasteiger partial charge in [0.15, 0.2) is 0 Å². The van der Waals surface area contributed by atoms with E-state index in [-0.39, 0.29) is 5.92 Å². The largest absolute Gasteiger partial charge is 0.481 e. The van der Waals surface area contributed by atoms with Gasteiger partial charge in [0.25, 0.3) is 0 Å². The quantitative estimate of drug-likeness (QED) is 0.669. The Morgan fingerprint density at radius 3 is 2.55 bits per heavy atom. The molecule has 1 aliphatic carbocycles. The number of carbonyl (C=O) groups is 1. The average molecular weight is 160 g/mol. The summed E-state index contributed by atoms with van der Waals surface area (Å²) in [5, 5.41) is 8.67. The maximum atomic E-state index is 12.2. The monoisotopic (exact) mass is 160 g/mol. The third-order valence-electron chi connectivity index (χ3n) is 2.42. The zero-order valence-corrected chi connectivity index (χ0v) is 6.42. The molecule has 0 spiro atoms. The van der Waals surface area contributed by atoms with Crippen LogP contribution in [0.25, 0.3) is 0 Å². The zero-order valence-electron chi connectivity index (χ0n) is 6.42. The molecule has 0 saturated heterocycles. The Morgan fingerprint density at radius 2 is 2.09 bits per heavy atom. The Balaban J connectivity index is 2.51. The van der Waals surface area contributed by atoms with Gasteiger partial charge in [-0.15, -0.1) is 0 Å². The van der Waals surface area contributed by atoms with Crippen LogP contribution < -0.4 is 0 Å². The van der Waals surface area contributed by atoms with Crippen molar-refractivity contribution >= 4 is 5.97 Å². The molecule has 0 bridgehead atoms. The molecule has 2 atom stereocenters. The molecule has 2 nitrogen and oxygen atoms in total. The number of carboxylic acids is 1. The smallest absolute Gasteiger partial charge is 0.306 e. The van der Waals surface area contributed by atoms with E-state index in [2.05, 4.69) is 0 Å². The first kappa shape index (κ1) is 8.50. The second kappa shape index (κ2) is 3.69. The molecule has 0 aromatic heterocycles. The van der Waals surface area contributed by atoms with Gasteiger partial charge in [-0.1, -0.05) is 12.8 Å². The lowest BCUT2D eigenvalue weighted by molar-refractivity contribution is -0.145. The highest BCUT2D eigenvalue weighted by molar-refractivity contribution is 5.70. The minimum absolute atomic E-state index is 0.221. The van der Waals surface area contributed by atoms with Crippen molar-refractivity contribution < 1.29 is 14.3 Å². The molecule has 0 aliphatic heterocycles. The van der Waals surface area contributed by atoms with Gasteiger partial charge in [0.2, 0.25) is 0 Å². The zero-order chi connectivity index (χ0) is 8.27. The third kappa shape index (κ3) is 1.91. The first-order chi connectivity index (χ1) is 5.25. The Bertz CT molecular complexity index is 147. The van der Waals surface area contributed by atoms with E-state index in [0.29, 0.717) is 6.42 Å². The van der Waals surface area contributed by atoms with E-state index in [9.17, 15) is 9.18 Å². The summed E-state index contributed by atoms with van der Waals surface area (Å²) in [4.78, 5) is 10.6. The Morgan fingerprint density at radius 1 is 1.45 bits per heavy atom. The Kier molecular flexibility index (Phi) is 2.85. The van der Waals surface area contributed by atoms with Crippen LogP contribution in [0.15, 0.2) is 0 Å². The van der Waals surface area contributed by atoms with Crippen LogP contribution in [0.4, 0.5) is 4.39 Å². The van der Waals surface area contributed by atoms with Crippen LogP contribution in [0.3, 0.4) is 0 Å². The highest BCUT2D eigenvalue weighted by Crippen LogP contribution is 2.30. The third-order valence-corrected chi connectivity index (χ3v) is 2.42. The molecule has 0 aromatic rings. The van der Waals surface area contributed by atoms with Crippen LogP contribution in [-0.2, 0) is 4.79 Å². The van der Waals surface area contributed by atoms with E-state index in [1.54, 1.807) is 0 Å². The van der Waals surface area contributed by atoms with Gasteiger partial charge in [-0.3, -0.25) is 9.18 Å². The fraction of sp³-hybridized carbons (Fsp3) is 0.875. The molecular formula is C8H13FO2. The van der Waals surface area contributed by atoms with E-state index in [1.807, 2.05) is 0 Å². The maximum absolute atomic E-state index is 12.2. The van der Waals surface area contributed by atoms with Crippen molar-refractivity contribution in [3.63, 3.8) is 0 Å². The van der Waals surface area contributed by atoms with Crippen molar-refractivity contribution in [2.75, 3.05) is 6.67 Å². The van der Waals surface area contributed by atoms with Crippen molar-refractivity contribution in [1.29, 1.82) is 0 Å². The van der Waals surface area contributed by atoms with Gasteiger partial charge in [-0.05, 0) is 12.8 Å². The van der Waals surface area contributed by atoms with Gasteiger partial charge in [0.05, 0.1) is 12.6 Å². The first-order valence-corrected chi connectivity index (χ1v) is 4.04. The molecule has 0 unspecified atom stereocenters. The molecule has 0 heterocycles. The van der Waals surface area contributed by atoms with Crippen molar-refractivity contribution in [2.24, 2.45) is 11.8 Å². The lowest BCUT2D eigenvalue weighted by atomic mass is 9.80. The molecule has 0 amide bonds. The SMILES string of the molecule is O=C(O)[C@@H]1CCCC[C@@H]1CF. The predicted octanol–water partition coefficient (Wildman–Crippen LogP) is 1.85. The number of carboxylic acid groups (broad SMARTS) is 1. The first-order valence-electron chi connectivity index (χ1n) is 4.04. The van der Waals surface area contributed by atoms with Crippen LogP contribution >= 0.6 is 0 Å². The van der Waals surface area contributed by atoms with Crippen molar-refractivity contribution in [1.82, 2.24) is 0 Å². The lowest BCUT2D eigenvalue weighted by Gasteiger charge is -2.25. The number of hydrogen-bond acceptors (Lipinski definition) is 1. The van der Waals surface area contributed by atoms with Crippen LogP contribution in [0.5, 0.6) is 0 Å². The van der Waals surface area contributed by atoms with E-state index >= 15 is 0 Å². The summed E-state index contributed by atoms with van der Waals surface area (Å²) >= 11 is 0. The number of rotatable bonds is 2. The summed E-state index contributed by atoms with van der Waals surface area (Å²) in [5.41, 5.74) is 0. The van der Waals surface area contributed by atoms with Crippen LogP contribution in [0.2, 0.25) is 0 Å². The second-order valence-corrected chi connectivity index (χ2v) is 3.14. The molecule has 3 heteroatoms. The van der Waals surface area contributed by atoms with Gasteiger partial charge < -0.3 is 5.11 Å². The topological polar surface area (TPSA) is 37.3 Å². The number of aliphatic carboxylic acids is 1. The molecule has 1 N–H and O–H groups in total. The molecule has 0 radical (unpaired) electrons. The highest BCUT2D eigenvalue weighted by Gasteiger charge is 2.30. The standard InChI is InChI=1S/C8H13FO2/c9-5-6-3-1-2-4-7(6)8(10)11/h6-7H,1-5H2,(H,10,11)/t6-,7-/m1/s1. The van der Waals surface area contributed by atoms with Gasteiger partial charge in [0, 0.05) is 5.92 Å². The molecule has 1 aliphatic rings.